The van der Waals surface area contributed by atoms with Crippen molar-refractivity contribution >= 4 is 52.5 Å². The molecule has 2 aromatic rings. The fourth-order valence-corrected chi connectivity index (χ4v) is 5.20. The lowest BCUT2D eigenvalue weighted by molar-refractivity contribution is -0.123. The van der Waals surface area contributed by atoms with Crippen LogP contribution in [0.15, 0.2) is 42.1 Å². The van der Waals surface area contributed by atoms with Crippen LogP contribution in [0.2, 0.25) is 10.0 Å². The number of ether oxygens (including phenoxy) is 1. The van der Waals surface area contributed by atoms with Gasteiger partial charge in [0.1, 0.15) is 11.4 Å². The topological polar surface area (TPSA) is 61.9 Å². The second-order valence-electron chi connectivity index (χ2n) is 9.36. The van der Waals surface area contributed by atoms with Crippen molar-refractivity contribution in [1.82, 2.24) is 10.2 Å². The first-order valence-corrected chi connectivity index (χ1v) is 12.3. The number of carbonyl (C=O) groups excluding carboxylic acids is 2. The molecule has 2 aliphatic heterocycles. The van der Waals surface area contributed by atoms with Gasteiger partial charge in [-0.15, -0.1) is 0 Å². The van der Waals surface area contributed by atoms with E-state index in [1.54, 1.807) is 31.4 Å². The summed E-state index contributed by atoms with van der Waals surface area (Å²) in [6, 6.07) is 8.50. The van der Waals surface area contributed by atoms with Gasteiger partial charge in [-0.05, 0) is 62.6 Å². The summed E-state index contributed by atoms with van der Waals surface area (Å²) in [6.45, 7) is 9.60. The van der Waals surface area contributed by atoms with Crippen molar-refractivity contribution < 1.29 is 14.3 Å². The van der Waals surface area contributed by atoms with Crippen molar-refractivity contribution in [2.45, 2.75) is 46.2 Å². The average molecular weight is 514 g/mol. The minimum Gasteiger partial charge on any atom is -0.496 e. The minimum atomic E-state index is -0.504. The Balaban J connectivity index is 1.70. The first kappa shape index (κ1) is 25.1. The van der Waals surface area contributed by atoms with Crippen molar-refractivity contribution in [3.05, 3.63) is 68.8 Å². The predicted octanol–water partition coefficient (Wildman–Crippen LogP) is 6.51. The van der Waals surface area contributed by atoms with Gasteiger partial charge in [0.2, 0.25) is 0 Å². The molecule has 8 heteroatoms. The number of anilines is 1. The smallest absolute Gasteiger partial charge is 0.329 e. The summed E-state index contributed by atoms with van der Waals surface area (Å²) < 4.78 is 5.70. The molecule has 0 aromatic heterocycles. The highest BCUT2D eigenvalue weighted by molar-refractivity contribution is 6.35. The van der Waals surface area contributed by atoms with Crippen molar-refractivity contribution in [3.8, 4) is 5.75 Å². The second kappa shape index (κ2) is 9.59. The van der Waals surface area contributed by atoms with E-state index in [9.17, 15) is 9.59 Å². The van der Waals surface area contributed by atoms with E-state index < -0.39 is 11.9 Å². The van der Waals surface area contributed by atoms with Crippen molar-refractivity contribution in [2.24, 2.45) is 0 Å². The van der Waals surface area contributed by atoms with E-state index >= 15 is 0 Å². The van der Waals surface area contributed by atoms with Gasteiger partial charge >= 0.3 is 6.03 Å². The molecule has 6 nitrogen and oxygen atoms in total. The zero-order chi connectivity index (χ0) is 25.5. The van der Waals surface area contributed by atoms with Gasteiger partial charge < -0.3 is 15.0 Å². The Kier molecular flexibility index (Phi) is 6.89. The molecule has 0 aliphatic carbocycles. The SMILES string of the molecule is CCCN1c2cc(OC)c(/C=C3/NC(=O)N(Cc4ccc(Cl)cc4Cl)C3=O)cc2C(C)=CC1(C)C. The van der Waals surface area contributed by atoms with Gasteiger partial charge in [0, 0.05) is 39.5 Å². The van der Waals surface area contributed by atoms with Crippen LogP contribution in [0.1, 0.15) is 50.8 Å². The number of nitrogens with zero attached hydrogens (tertiary/aromatic N) is 2. The first-order chi connectivity index (χ1) is 16.6. The van der Waals surface area contributed by atoms with Gasteiger partial charge in [-0.2, -0.15) is 0 Å². The number of carbonyl (C=O) groups is 2. The zero-order valence-corrected chi connectivity index (χ0v) is 22.0. The number of allylic oxidation sites excluding steroid dienone is 1. The Bertz CT molecular complexity index is 1270. The molecule has 1 N–H and O–H groups in total. The van der Waals surface area contributed by atoms with Crippen LogP contribution in [0.25, 0.3) is 11.6 Å². The van der Waals surface area contributed by atoms with Crippen LogP contribution < -0.4 is 15.0 Å². The average Bonchev–Trinajstić information content (AvgIpc) is 3.05. The van der Waals surface area contributed by atoms with E-state index in [4.69, 9.17) is 27.9 Å². The van der Waals surface area contributed by atoms with Gasteiger partial charge in [0.05, 0.1) is 19.2 Å². The van der Waals surface area contributed by atoms with E-state index in [1.807, 2.05) is 12.1 Å². The molecule has 0 atom stereocenters. The van der Waals surface area contributed by atoms with Gasteiger partial charge in [-0.3, -0.25) is 9.69 Å². The van der Waals surface area contributed by atoms with Crippen LogP contribution in [0.3, 0.4) is 0 Å². The summed E-state index contributed by atoms with van der Waals surface area (Å²) in [7, 11) is 1.61. The van der Waals surface area contributed by atoms with Gasteiger partial charge in [-0.25, -0.2) is 4.79 Å². The highest BCUT2D eigenvalue weighted by atomic mass is 35.5. The maximum atomic E-state index is 13.1. The molecule has 2 aliphatic rings. The summed E-state index contributed by atoms with van der Waals surface area (Å²) >= 11 is 12.2. The Labute approximate surface area is 216 Å². The van der Waals surface area contributed by atoms with Crippen molar-refractivity contribution in [3.63, 3.8) is 0 Å². The highest BCUT2D eigenvalue weighted by Gasteiger charge is 2.35. The fraction of sp³-hybridized carbons (Fsp3) is 0.333. The number of nitrogens with one attached hydrogen (secondary N) is 1. The maximum absolute atomic E-state index is 13.1. The lowest BCUT2D eigenvalue weighted by atomic mass is 9.87. The molecule has 0 unspecified atom stereocenters. The van der Waals surface area contributed by atoms with E-state index in [-0.39, 0.29) is 17.8 Å². The molecule has 2 heterocycles. The molecule has 35 heavy (non-hydrogen) atoms. The Morgan fingerprint density at radius 2 is 1.89 bits per heavy atom. The number of urea groups is 1. The first-order valence-electron chi connectivity index (χ1n) is 11.5. The molecule has 3 amide bonds. The molecule has 0 bridgehead atoms. The Morgan fingerprint density at radius 3 is 2.54 bits per heavy atom. The van der Waals surface area contributed by atoms with E-state index in [0.29, 0.717) is 26.9 Å². The molecule has 2 aromatic carbocycles. The second-order valence-corrected chi connectivity index (χ2v) is 10.2. The predicted molar refractivity (Wildman–Crippen MR) is 142 cm³/mol. The summed E-state index contributed by atoms with van der Waals surface area (Å²) in [6.07, 6.45) is 4.94. The summed E-state index contributed by atoms with van der Waals surface area (Å²) in [5.74, 6) is 0.200. The molecule has 0 saturated carbocycles. The molecule has 1 saturated heterocycles. The third kappa shape index (κ3) is 4.78. The zero-order valence-electron chi connectivity index (χ0n) is 20.5. The monoisotopic (exact) mass is 513 g/mol. The highest BCUT2D eigenvalue weighted by Crippen LogP contribution is 2.42. The van der Waals surface area contributed by atoms with Gasteiger partial charge in [0.25, 0.3) is 5.91 Å². The van der Waals surface area contributed by atoms with Crippen molar-refractivity contribution in [1.29, 1.82) is 0 Å². The number of fused-ring (bicyclic) bond motifs is 1. The number of rotatable bonds is 6. The standard InChI is InChI=1S/C27H29Cl2N3O3/c1-6-9-32-23-13-24(35-5)18(10-20(23)16(2)14-27(32,3)4)11-22-25(33)31(26(34)30-22)15-17-7-8-19(28)12-21(17)29/h7-8,10-14H,6,9,15H2,1-5H3,(H,30,34)/b22-11+. The quantitative estimate of drug-likeness (QED) is 0.353. The molecule has 4 rings (SSSR count). The lowest BCUT2D eigenvalue weighted by Gasteiger charge is -2.43. The molecule has 0 radical (unpaired) electrons. The van der Waals surface area contributed by atoms with Gasteiger partial charge in [0.15, 0.2) is 0 Å². The largest absolute Gasteiger partial charge is 0.496 e. The molecule has 1 fully saturated rings. The van der Waals surface area contributed by atoms with E-state index in [2.05, 4.69) is 44.0 Å². The van der Waals surface area contributed by atoms with Crippen LogP contribution in [-0.4, -0.2) is 36.0 Å². The Hall–Kier alpha value is -2.96. The maximum Gasteiger partial charge on any atom is 0.329 e. The van der Waals surface area contributed by atoms with Crippen LogP contribution in [0.5, 0.6) is 5.75 Å². The van der Waals surface area contributed by atoms with Gasteiger partial charge in [-0.1, -0.05) is 42.3 Å². The number of amides is 3. The lowest BCUT2D eigenvalue weighted by Crippen LogP contribution is -2.45. The van der Waals surface area contributed by atoms with E-state index in [1.165, 1.54) is 0 Å². The molecular formula is C27H29Cl2N3O3. The van der Waals surface area contributed by atoms with Crippen LogP contribution >= 0.6 is 23.2 Å². The molecule has 184 valence electrons. The third-order valence-electron chi connectivity index (χ3n) is 6.38. The number of imide groups is 1. The fourth-order valence-electron chi connectivity index (χ4n) is 4.73. The number of halogens is 2. The number of hydrogen-bond acceptors (Lipinski definition) is 4. The third-order valence-corrected chi connectivity index (χ3v) is 6.97. The molecular weight excluding hydrogens is 485 g/mol. The van der Waals surface area contributed by atoms with Crippen LogP contribution in [-0.2, 0) is 11.3 Å². The van der Waals surface area contributed by atoms with E-state index in [0.717, 1.165) is 34.7 Å². The summed E-state index contributed by atoms with van der Waals surface area (Å²) in [5.41, 5.74) is 4.72. The van der Waals surface area contributed by atoms with Crippen molar-refractivity contribution in [2.75, 3.05) is 18.6 Å². The molecule has 0 spiro atoms. The van der Waals surface area contributed by atoms with Crippen LogP contribution in [0.4, 0.5) is 10.5 Å². The normalized spacial score (nSPS) is 18.0. The number of hydrogen-bond donors (Lipinski definition) is 1. The van der Waals surface area contributed by atoms with Crippen LogP contribution in [0, 0.1) is 0 Å². The summed E-state index contributed by atoms with van der Waals surface area (Å²) in [5, 5.41) is 3.57. The Morgan fingerprint density at radius 1 is 1.14 bits per heavy atom. The number of methoxy groups -OCH3 is 1. The summed E-state index contributed by atoms with van der Waals surface area (Å²) in [4.78, 5) is 29.3. The number of benzene rings is 2. The minimum absolute atomic E-state index is 0.0439.